The van der Waals surface area contributed by atoms with Gasteiger partial charge in [0.1, 0.15) is 11.6 Å². The lowest BCUT2D eigenvalue weighted by Gasteiger charge is -2.36. The third-order valence-electron chi connectivity index (χ3n) is 3.42. The summed E-state index contributed by atoms with van der Waals surface area (Å²) < 4.78 is 18.7. The maximum absolute atomic E-state index is 13.4. The van der Waals surface area contributed by atoms with Crippen molar-refractivity contribution in [2.24, 2.45) is 5.41 Å². The number of rotatable bonds is 2. The number of hydrogen-bond acceptors (Lipinski definition) is 2. The fourth-order valence-electron chi connectivity index (χ4n) is 2.64. The molecule has 1 fully saturated rings. The van der Waals surface area contributed by atoms with Gasteiger partial charge in [0.2, 0.25) is 0 Å². The minimum Gasteiger partial charge on any atom is -0.496 e. The van der Waals surface area contributed by atoms with Crippen molar-refractivity contribution in [3.05, 3.63) is 29.6 Å². The molecule has 1 N–H and O–H groups in total. The molecule has 0 saturated carbocycles. The fraction of sp³-hybridized carbons (Fsp3) is 0.571. The van der Waals surface area contributed by atoms with E-state index in [1.165, 1.54) is 6.07 Å². The van der Waals surface area contributed by atoms with Gasteiger partial charge < -0.3 is 10.1 Å². The van der Waals surface area contributed by atoms with E-state index in [2.05, 4.69) is 19.2 Å². The molecular weight excluding hydrogens is 217 g/mol. The van der Waals surface area contributed by atoms with Crippen molar-refractivity contribution in [2.75, 3.05) is 20.2 Å². The summed E-state index contributed by atoms with van der Waals surface area (Å²) in [4.78, 5) is 0. The number of nitrogens with one attached hydrogen (secondary N) is 1. The van der Waals surface area contributed by atoms with E-state index in [9.17, 15) is 4.39 Å². The van der Waals surface area contributed by atoms with Gasteiger partial charge in [-0.15, -0.1) is 0 Å². The number of benzene rings is 1. The van der Waals surface area contributed by atoms with E-state index in [-0.39, 0.29) is 11.2 Å². The van der Waals surface area contributed by atoms with Crippen LogP contribution in [-0.2, 0) is 0 Å². The number of methoxy groups -OCH3 is 1. The molecule has 2 nitrogen and oxygen atoms in total. The molecule has 1 aliphatic heterocycles. The van der Waals surface area contributed by atoms with E-state index >= 15 is 0 Å². The zero-order valence-electron chi connectivity index (χ0n) is 10.7. The summed E-state index contributed by atoms with van der Waals surface area (Å²) in [6.07, 6.45) is 1.06. The molecule has 2 rings (SSSR count). The lowest BCUT2D eigenvalue weighted by atomic mass is 9.77. The smallest absolute Gasteiger partial charge is 0.123 e. The first-order chi connectivity index (χ1) is 8.02. The molecular formula is C14H20FNO. The third kappa shape index (κ3) is 2.78. The van der Waals surface area contributed by atoms with Gasteiger partial charge in [-0.05, 0) is 30.0 Å². The molecule has 0 spiro atoms. The minimum atomic E-state index is -0.191. The van der Waals surface area contributed by atoms with Crippen LogP contribution in [0.15, 0.2) is 18.2 Å². The Morgan fingerprint density at radius 1 is 1.41 bits per heavy atom. The summed E-state index contributed by atoms with van der Waals surface area (Å²) in [6.45, 7) is 6.38. The minimum absolute atomic E-state index is 0.191. The van der Waals surface area contributed by atoms with Gasteiger partial charge in [0.25, 0.3) is 0 Å². The van der Waals surface area contributed by atoms with Crippen LogP contribution in [0.5, 0.6) is 5.75 Å². The molecule has 1 saturated heterocycles. The molecule has 0 bridgehead atoms. The second kappa shape index (κ2) is 4.65. The Labute approximate surface area is 102 Å². The molecule has 17 heavy (non-hydrogen) atoms. The van der Waals surface area contributed by atoms with Crippen LogP contribution in [0.1, 0.15) is 31.7 Å². The quantitative estimate of drug-likeness (QED) is 0.854. The maximum Gasteiger partial charge on any atom is 0.123 e. The van der Waals surface area contributed by atoms with Crippen molar-refractivity contribution in [1.82, 2.24) is 5.32 Å². The van der Waals surface area contributed by atoms with E-state index < -0.39 is 0 Å². The van der Waals surface area contributed by atoms with Crippen LogP contribution in [-0.4, -0.2) is 20.2 Å². The predicted octanol–water partition coefficient (Wildman–Crippen LogP) is 2.94. The van der Waals surface area contributed by atoms with E-state index in [0.717, 1.165) is 30.8 Å². The highest BCUT2D eigenvalue weighted by Gasteiger charge is 2.30. The second-order valence-electron chi connectivity index (χ2n) is 5.58. The summed E-state index contributed by atoms with van der Waals surface area (Å²) in [5.74, 6) is 0.921. The average molecular weight is 237 g/mol. The molecule has 0 radical (unpaired) electrons. The first-order valence-electron chi connectivity index (χ1n) is 6.06. The Balaban J connectivity index is 2.29. The van der Waals surface area contributed by atoms with Crippen LogP contribution in [0.2, 0.25) is 0 Å². The first-order valence-corrected chi connectivity index (χ1v) is 6.06. The topological polar surface area (TPSA) is 21.3 Å². The largest absolute Gasteiger partial charge is 0.496 e. The maximum atomic E-state index is 13.4. The van der Waals surface area contributed by atoms with Crippen molar-refractivity contribution >= 4 is 0 Å². The molecule has 0 amide bonds. The molecule has 1 unspecified atom stereocenters. The van der Waals surface area contributed by atoms with Gasteiger partial charge in [0.05, 0.1) is 7.11 Å². The molecule has 1 aromatic rings. The van der Waals surface area contributed by atoms with Gasteiger partial charge in [0.15, 0.2) is 0 Å². The van der Waals surface area contributed by atoms with Gasteiger partial charge in [0, 0.05) is 24.6 Å². The van der Waals surface area contributed by atoms with Gasteiger partial charge in [-0.1, -0.05) is 13.8 Å². The molecule has 1 atom stereocenters. The standard InChI is InChI=1S/C14H20FNO/c1-14(2)7-10(8-16-9-14)12-6-11(15)4-5-13(12)17-3/h4-6,10,16H,7-9H2,1-3H3. The van der Waals surface area contributed by atoms with E-state index in [1.54, 1.807) is 19.2 Å². The number of hydrogen-bond donors (Lipinski definition) is 1. The summed E-state index contributed by atoms with van der Waals surface area (Å²) in [5, 5.41) is 3.42. The Morgan fingerprint density at radius 2 is 2.18 bits per heavy atom. The van der Waals surface area contributed by atoms with Crippen molar-refractivity contribution in [1.29, 1.82) is 0 Å². The highest BCUT2D eigenvalue weighted by Crippen LogP contribution is 2.37. The highest BCUT2D eigenvalue weighted by molar-refractivity contribution is 5.37. The lowest BCUT2D eigenvalue weighted by molar-refractivity contribution is 0.236. The summed E-state index contributed by atoms with van der Waals surface area (Å²) in [7, 11) is 1.64. The zero-order valence-corrected chi connectivity index (χ0v) is 10.7. The molecule has 94 valence electrons. The lowest BCUT2D eigenvalue weighted by Crippen LogP contribution is -2.40. The molecule has 0 aliphatic carbocycles. The number of piperidine rings is 1. The van der Waals surface area contributed by atoms with Crippen LogP contribution in [0, 0.1) is 11.2 Å². The predicted molar refractivity (Wildman–Crippen MR) is 67.0 cm³/mol. The van der Waals surface area contributed by atoms with Gasteiger partial charge in [-0.25, -0.2) is 4.39 Å². The summed E-state index contributed by atoms with van der Waals surface area (Å²) in [5.41, 5.74) is 1.23. The van der Waals surface area contributed by atoms with Crippen LogP contribution in [0.4, 0.5) is 4.39 Å². The van der Waals surface area contributed by atoms with Crippen LogP contribution in [0.3, 0.4) is 0 Å². The first kappa shape index (κ1) is 12.4. The Morgan fingerprint density at radius 3 is 2.82 bits per heavy atom. The van der Waals surface area contributed by atoms with Gasteiger partial charge in [-0.2, -0.15) is 0 Å². The zero-order chi connectivity index (χ0) is 12.5. The van der Waals surface area contributed by atoms with Crippen LogP contribution < -0.4 is 10.1 Å². The SMILES string of the molecule is COc1ccc(F)cc1C1CNCC(C)(C)C1. The molecule has 1 heterocycles. The van der Waals surface area contributed by atoms with Gasteiger partial charge >= 0.3 is 0 Å². The average Bonchev–Trinajstić information content (AvgIpc) is 2.27. The highest BCUT2D eigenvalue weighted by atomic mass is 19.1. The number of ether oxygens (including phenoxy) is 1. The second-order valence-corrected chi connectivity index (χ2v) is 5.58. The van der Waals surface area contributed by atoms with Gasteiger partial charge in [-0.3, -0.25) is 0 Å². The van der Waals surface area contributed by atoms with Crippen molar-refractivity contribution < 1.29 is 9.13 Å². The molecule has 1 aromatic carbocycles. The van der Waals surface area contributed by atoms with Crippen molar-refractivity contribution in [3.8, 4) is 5.75 Å². The number of halogens is 1. The Kier molecular flexibility index (Phi) is 3.38. The molecule has 1 aliphatic rings. The third-order valence-corrected chi connectivity index (χ3v) is 3.42. The normalized spacial score (nSPS) is 23.4. The van der Waals surface area contributed by atoms with Crippen LogP contribution >= 0.6 is 0 Å². The molecule has 0 aromatic heterocycles. The molecule has 3 heteroatoms. The van der Waals surface area contributed by atoms with E-state index in [0.29, 0.717) is 5.92 Å². The summed E-state index contributed by atoms with van der Waals surface area (Å²) >= 11 is 0. The monoisotopic (exact) mass is 237 g/mol. The van der Waals surface area contributed by atoms with E-state index in [4.69, 9.17) is 4.74 Å². The summed E-state index contributed by atoms with van der Waals surface area (Å²) in [6, 6.07) is 4.77. The fourth-order valence-corrected chi connectivity index (χ4v) is 2.64. The van der Waals surface area contributed by atoms with E-state index in [1.807, 2.05) is 0 Å². The van der Waals surface area contributed by atoms with Crippen molar-refractivity contribution in [3.63, 3.8) is 0 Å². The Hall–Kier alpha value is -1.09. The van der Waals surface area contributed by atoms with Crippen molar-refractivity contribution in [2.45, 2.75) is 26.2 Å². The van der Waals surface area contributed by atoms with Crippen LogP contribution in [0.25, 0.3) is 0 Å². The Bertz CT molecular complexity index is 403.